The molecule has 0 fully saturated rings. The second-order valence-corrected chi connectivity index (χ2v) is 5.11. The van der Waals surface area contributed by atoms with Gasteiger partial charge in [0.2, 0.25) is 0 Å². The quantitative estimate of drug-likeness (QED) is 0.901. The molecule has 0 unspecified atom stereocenters. The molecule has 0 aliphatic carbocycles. The van der Waals surface area contributed by atoms with E-state index >= 15 is 0 Å². The van der Waals surface area contributed by atoms with Gasteiger partial charge in [0.1, 0.15) is 11.6 Å². The van der Waals surface area contributed by atoms with Gasteiger partial charge in [-0.25, -0.2) is 9.97 Å². The SMILES string of the molecule is CCNc1nc(-c2c(C)noc2C)nc(COC)c1Br. The third kappa shape index (κ3) is 2.83. The molecule has 20 heavy (non-hydrogen) atoms. The first-order valence-electron chi connectivity index (χ1n) is 6.30. The molecule has 0 spiro atoms. The highest BCUT2D eigenvalue weighted by Crippen LogP contribution is 2.30. The van der Waals surface area contributed by atoms with E-state index in [0.717, 1.165) is 33.8 Å². The Bertz CT molecular complexity index is 566. The van der Waals surface area contributed by atoms with Crippen LogP contribution in [0, 0.1) is 13.8 Å². The van der Waals surface area contributed by atoms with E-state index in [2.05, 4.69) is 36.4 Å². The molecule has 2 aromatic heterocycles. The average Bonchev–Trinajstić information content (AvgIpc) is 2.74. The number of anilines is 1. The van der Waals surface area contributed by atoms with Crippen molar-refractivity contribution in [2.24, 2.45) is 0 Å². The van der Waals surface area contributed by atoms with Crippen LogP contribution in [0.5, 0.6) is 0 Å². The van der Waals surface area contributed by atoms with Crippen molar-refractivity contribution in [3.63, 3.8) is 0 Å². The third-order valence-corrected chi connectivity index (χ3v) is 3.64. The monoisotopic (exact) mass is 340 g/mol. The van der Waals surface area contributed by atoms with Crippen LogP contribution in [0.1, 0.15) is 24.1 Å². The van der Waals surface area contributed by atoms with Crippen LogP contribution in [0.4, 0.5) is 5.82 Å². The van der Waals surface area contributed by atoms with E-state index in [1.165, 1.54) is 0 Å². The first-order chi connectivity index (χ1) is 9.58. The predicted molar refractivity (Wildman–Crippen MR) is 79.6 cm³/mol. The summed E-state index contributed by atoms with van der Waals surface area (Å²) in [6, 6.07) is 0. The topological polar surface area (TPSA) is 73.1 Å². The number of methoxy groups -OCH3 is 1. The maximum atomic E-state index is 5.19. The lowest BCUT2D eigenvalue weighted by molar-refractivity contribution is 0.181. The standard InChI is InChI=1S/C13H17BrN4O2/c1-5-15-13-11(14)9(6-19-4)16-12(17-13)10-7(2)18-20-8(10)3/h5-6H2,1-4H3,(H,15,16,17). The maximum absolute atomic E-state index is 5.19. The van der Waals surface area contributed by atoms with Crippen molar-refractivity contribution in [1.82, 2.24) is 15.1 Å². The zero-order chi connectivity index (χ0) is 14.7. The number of hydrogen-bond donors (Lipinski definition) is 1. The Labute approximate surface area is 126 Å². The predicted octanol–water partition coefficient (Wildman–Crippen LogP) is 3.09. The van der Waals surface area contributed by atoms with Crippen LogP contribution < -0.4 is 5.32 Å². The fourth-order valence-corrected chi connectivity index (χ4v) is 2.36. The summed E-state index contributed by atoms with van der Waals surface area (Å²) >= 11 is 3.51. The minimum Gasteiger partial charge on any atom is -0.378 e. The van der Waals surface area contributed by atoms with Crippen molar-refractivity contribution in [3.8, 4) is 11.4 Å². The van der Waals surface area contributed by atoms with E-state index in [4.69, 9.17) is 9.26 Å². The average molecular weight is 341 g/mol. The zero-order valence-electron chi connectivity index (χ0n) is 12.0. The van der Waals surface area contributed by atoms with Crippen LogP contribution in [0.2, 0.25) is 0 Å². The lowest BCUT2D eigenvalue weighted by Crippen LogP contribution is -2.07. The van der Waals surface area contributed by atoms with Crippen LogP contribution in [0.3, 0.4) is 0 Å². The van der Waals surface area contributed by atoms with E-state index < -0.39 is 0 Å². The van der Waals surface area contributed by atoms with Crippen LogP contribution in [-0.4, -0.2) is 28.8 Å². The number of rotatable bonds is 5. The van der Waals surface area contributed by atoms with E-state index in [9.17, 15) is 0 Å². The number of aryl methyl sites for hydroxylation is 2. The molecule has 0 amide bonds. The fraction of sp³-hybridized carbons (Fsp3) is 0.462. The molecule has 0 aliphatic heterocycles. The van der Waals surface area contributed by atoms with Crippen molar-refractivity contribution in [3.05, 3.63) is 21.6 Å². The number of ether oxygens (including phenoxy) is 1. The largest absolute Gasteiger partial charge is 0.378 e. The molecule has 6 nitrogen and oxygen atoms in total. The van der Waals surface area contributed by atoms with Crippen molar-refractivity contribution in [1.29, 1.82) is 0 Å². The van der Waals surface area contributed by atoms with Gasteiger partial charge in [0.05, 0.1) is 28.0 Å². The van der Waals surface area contributed by atoms with Gasteiger partial charge >= 0.3 is 0 Å². The summed E-state index contributed by atoms with van der Waals surface area (Å²) in [5.41, 5.74) is 2.39. The van der Waals surface area contributed by atoms with Crippen molar-refractivity contribution < 1.29 is 9.26 Å². The smallest absolute Gasteiger partial charge is 0.167 e. The van der Waals surface area contributed by atoms with Crippen LogP contribution in [0.15, 0.2) is 9.00 Å². The normalized spacial score (nSPS) is 10.8. The molecule has 1 N–H and O–H groups in total. The molecule has 2 rings (SSSR count). The number of aromatic nitrogens is 3. The maximum Gasteiger partial charge on any atom is 0.167 e. The van der Waals surface area contributed by atoms with Gasteiger partial charge in [-0.1, -0.05) is 5.16 Å². The van der Waals surface area contributed by atoms with Crippen LogP contribution in [-0.2, 0) is 11.3 Å². The second-order valence-electron chi connectivity index (χ2n) is 4.32. The highest BCUT2D eigenvalue weighted by atomic mass is 79.9. The molecule has 7 heteroatoms. The Hall–Kier alpha value is -1.47. The van der Waals surface area contributed by atoms with E-state index in [0.29, 0.717) is 18.2 Å². The molecule has 0 atom stereocenters. The molecule has 2 aromatic rings. The number of halogens is 1. The molecule has 2 heterocycles. The van der Waals surface area contributed by atoms with Crippen molar-refractivity contribution >= 4 is 21.7 Å². The van der Waals surface area contributed by atoms with Crippen molar-refractivity contribution in [2.75, 3.05) is 19.0 Å². The second kappa shape index (κ2) is 6.32. The van der Waals surface area contributed by atoms with Gasteiger partial charge in [-0.05, 0) is 36.7 Å². The Morgan fingerprint density at radius 3 is 2.60 bits per heavy atom. The molecule has 108 valence electrons. The fourth-order valence-electron chi connectivity index (χ4n) is 1.92. The van der Waals surface area contributed by atoms with Gasteiger partial charge in [0.25, 0.3) is 0 Å². The summed E-state index contributed by atoms with van der Waals surface area (Å²) in [6.07, 6.45) is 0. The molecule has 0 aromatic carbocycles. The Morgan fingerprint density at radius 2 is 2.05 bits per heavy atom. The van der Waals surface area contributed by atoms with Crippen LogP contribution in [0.25, 0.3) is 11.4 Å². The highest BCUT2D eigenvalue weighted by Gasteiger charge is 2.18. The molecule has 0 saturated heterocycles. The zero-order valence-corrected chi connectivity index (χ0v) is 13.5. The van der Waals surface area contributed by atoms with Crippen molar-refractivity contribution in [2.45, 2.75) is 27.4 Å². The van der Waals surface area contributed by atoms with Gasteiger partial charge in [0.15, 0.2) is 5.82 Å². The van der Waals surface area contributed by atoms with Gasteiger partial charge in [-0.15, -0.1) is 0 Å². The lowest BCUT2D eigenvalue weighted by atomic mass is 10.2. The first kappa shape index (κ1) is 14.9. The number of hydrogen-bond acceptors (Lipinski definition) is 6. The molecule has 0 aliphatic rings. The van der Waals surface area contributed by atoms with Gasteiger partial charge in [-0.3, -0.25) is 0 Å². The summed E-state index contributed by atoms with van der Waals surface area (Å²) in [5.74, 6) is 2.03. The Morgan fingerprint density at radius 1 is 1.30 bits per heavy atom. The minimum absolute atomic E-state index is 0.401. The Balaban J connectivity index is 2.58. The molecule has 0 saturated carbocycles. The molecular weight excluding hydrogens is 324 g/mol. The van der Waals surface area contributed by atoms with E-state index in [1.807, 2.05) is 20.8 Å². The minimum atomic E-state index is 0.401. The van der Waals surface area contributed by atoms with E-state index in [-0.39, 0.29) is 0 Å². The van der Waals surface area contributed by atoms with Gasteiger partial charge in [0, 0.05) is 13.7 Å². The third-order valence-electron chi connectivity index (χ3n) is 2.80. The summed E-state index contributed by atoms with van der Waals surface area (Å²) < 4.78 is 11.2. The molecule has 0 radical (unpaired) electrons. The Kier molecular flexibility index (Phi) is 4.72. The number of nitrogens with one attached hydrogen (secondary N) is 1. The van der Waals surface area contributed by atoms with Crippen LogP contribution >= 0.6 is 15.9 Å². The molecule has 0 bridgehead atoms. The summed E-state index contributed by atoms with van der Waals surface area (Å²) in [6.45, 7) is 6.91. The first-order valence-corrected chi connectivity index (χ1v) is 7.10. The highest BCUT2D eigenvalue weighted by molar-refractivity contribution is 9.10. The van der Waals surface area contributed by atoms with E-state index in [1.54, 1.807) is 7.11 Å². The summed E-state index contributed by atoms with van der Waals surface area (Å²) in [7, 11) is 1.64. The summed E-state index contributed by atoms with van der Waals surface area (Å²) in [5, 5.41) is 7.16. The summed E-state index contributed by atoms with van der Waals surface area (Å²) in [4.78, 5) is 9.09. The number of nitrogens with zero attached hydrogens (tertiary/aromatic N) is 3. The molecular formula is C13H17BrN4O2. The van der Waals surface area contributed by atoms with Gasteiger partial charge in [-0.2, -0.15) is 0 Å². The lowest BCUT2D eigenvalue weighted by Gasteiger charge is -2.11. The van der Waals surface area contributed by atoms with Gasteiger partial charge < -0.3 is 14.6 Å².